The monoisotopic (exact) mass is 1270 g/mol. The van der Waals surface area contributed by atoms with E-state index in [0.29, 0.717) is 207 Å². The minimum atomic E-state index is -0.947. The normalized spacial score (nSPS) is 16.1. The Bertz CT molecular complexity index is 2900. The average molecular weight is 1270 g/mol. The van der Waals surface area contributed by atoms with Crippen LogP contribution >= 0.6 is 23.2 Å². The van der Waals surface area contributed by atoms with Crippen LogP contribution in [0, 0.1) is 0 Å². The van der Waals surface area contributed by atoms with Gasteiger partial charge in [-0.3, -0.25) is 38.8 Å². The number of halogens is 2. The lowest BCUT2D eigenvalue weighted by Crippen LogP contribution is -2.55. The van der Waals surface area contributed by atoms with Gasteiger partial charge in [0, 0.05) is 104 Å². The van der Waals surface area contributed by atoms with Crippen molar-refractivity contribution in [1.29, 1.82) is 0 Å². The van der Waals surface area contributed by atoms with Gasteiger partial charge in [0.1, 0.15) is 30.7 Å². The fourth-order valence-electron chi connectivity index (χ4n) is 10.2. The van der Waals surface area contributed by atoms with Gasteiger partial charge in [-0.25, -0.2) is 4.68 Å². The maximum Gasteiger partial charge on any atom is 0.317 e. The van der Waals surface area contributed by atoms with Gasteiger partial charge in [-0.05, 0) is 55.8 Å². The maximum absolute atomic E-state index is 14.4. The number of hydrogen-bond donors (Lipinski definition) is 3. The number of anilines is 1. The Morgan fingerprint density at radius 3 is 1.78 bits per heavy atom. The number of carbonyl (C=O) groups is 6. The molecule has 482 valence electrons. The molecule has 1 aromatic heterocycles. The first-order valence-corrected chi connectivity index (χ1v) is 30.4. The lowest BCUT2D eigenvalue weighted by Gasteiger charge is -2.41. The van der Waals surface area contributed by atoms with Gasteiger partial charge in [0.05, 0.1) is 149 Å². The molecule has 3 aliphatic heterocycles. The number of nitrogens with zero attached hydrogens (tertiary/aromatic N) is 7. The van der Waals surface area contributed by atoms with Crippen molar-refractivity contribution < 1.29 is 76.5 Å². The molecule has 4 heterocycles. The fourth-order valence-corrected chi connectivity index (χ4v) is 10.7. The van der Waals surface area contributed by atoms with E-state index in [2.05, 4.69) is 10.6 Å². The number of aliphatic carboxylic acids is 1. The van der Waals surface area contributed by atoms with Crippen LogP contribution in [0.2, 0.25) is 10.0 Å². The average Bonchev–Trinajstić information content (AvgIpc) is 1.57. The molecule has 2 fully saturated rings. The highest BCUT2D eigenvalue weighted by Gasteiger charge is 2.39. The molecule has 3 aliphatic rings. The van der Waals surface area contributed by atoms with E-state index in [-0.39, 0.29) is 69.2 Å². The molecular weight excluding hydrogens is 1190 g/mol. The molecule has 3 amide bonds. The molecular formula is C61H83Cl2N9O16. The zero-order chi connectivity index (χ0) is 62.7. The molecule has 4 aromatic rings. The lowest BCUT2D eigenvalue weighted by atomic mass is 9.95. The van der Waals surface area contributed by atoms with Gasteiger partial charge >= 0.3 is 5.97 Å². The molecule has 0 bridgehead atoms. The SMILES string of the molecule is COc1cc2c(cc1-c1cccc(NC(=O)CCOCCOCCOCCOCCOCCOCCNC(=O)CN3CCN(CC=O)CCN(CC=O)CCN(CC(=O)O)CC3)c1)-c1c(c(C(=O)N3CCOCC3(C)C)nn1-c1cc(Cl)cc(Cl)c1)CO2. The van der Waals surface area contributed by atoms with E-state index in [9.17, 15) is 33.9 Å². The van der Waals surface area contributed by atoms with E-state index in [1.165, 1.54) is 0 Å². The number of aromatic nitrogens is 2. The first-order valence-electron chi connectivity index (χ1n) is 29.6. The highest BCUT2D eigenvalue weighted by atomic mass is 35.5. The second-order valence-corrected chi connectivity index (χ2v) is 22.5. The Morgan fingerprint density at radius 2 is 1.23 bits per heavy atom. The van der Waals surface area contributed by atoms with Gasteiger partial charge in [0.15, 0.2) is 5.69 Å². The third kappa shape index (κ3) is 21.8. The standard InChI is InChI=1S/C61H83Cl2N9O16/c1-61(2)44-87-24-19-71(61)60(79)58-52-43-88-54-40-53(80-3)50(39-51(54)59(52)72(66-58)49-37-46(62)36-47(63)38-49)45-5-4-6-48(35-45)65-55(75)7-22-81-25-27-83-29-31-85-33-34-86-32-30-84-28-26-82-23-8-64-56(76)41-69-13-11-67(17-20-73)9-10-68(18-21-74)12-14-70(16-15-69)42-57(77)78/h4-6,20-21,35-40H,7-19,22-34,41-44H2,1-3H3,(H,64,76)(H,65,75)(H,77,78). The number of carboxylic acids is 1. The number of benzene rings is 3. The Balaban J connectivity index is 0.732. The first-order chi connectivity index (χ1) is 42.7. The summed E-state index contributed by atoms with van der Waals surface area (Å²) in [5, 5.41) is 21.0. The van der Waals surface area contributed by atoms with Crippen LogP contribution in [0.15, 0.2) is 54.6 Å². The zero-order valence-corrected chi connectivity index (χ0v) is 52.0. The smallest absolute Gasteiger partial charge is 0.317 e. The molecule has 0 spiro atoms. The van der Waals surface area contributed by atoms with E-state index < -0.39 is 11.5 Å². The van der Waals surface area contributed by atoms with Gasteiger partial charge < -0.3 is 72.9 Å². The largest absolute Gasteiger partial charge is 0.496 e. The maximum atomic E-state index is 14.4. The Hall–Kier alpha value is -6.17. The number of carboxylic acid groups (broad SMARTS) is 1. The van der Waals surface area contributed by atoms with Crippen LogP contribution < -0.4 is 20.1 Å². The minimum absolute atomic E-state index is 0.0802. The van der Waals surface area contributed by atoms with Crippen molar-refractivity contribution in [3.05, 3.63) is 75.9 Å². The summed E-state index contributed by atoms with van der Waals surface area (Å²) in [7, 11) is 1.58. The van der Waals surface area contributed by atoms with Crippen LogP contribution in [0.25, 0.3) is 28.1 Å². The van der Waals surface area contributed by atoms with E-state index in [1.807, 2.05) is 58.9 Å². The van der Waals surface area contributed by atoms with Gasteiger partial charge in [0.2, 0.25) is 11.8 Å². The number of amides is 3. The number of morpholine rings is 1. The van der Waals surface area contributed by atoms with Crippen LogP contribution in [0.5, 0.6) is 11.5 Å². The van der Waals surface area contributed by atoms with Crippen LogP contribution in [0.1, 0.15) is 36.3 Å². The predicted molar refractivity (Wildman–Crippen MR) is 328 cm³/mol. The number of ether oxygens (including phenoxy) is 9. The molecule has 0 unspecified atom stereocenters. The molecule has 0 atom stereocenters. The molecule has 2 saturated heterocycles. The third-order valence-corrected chi connectivity index (χ3v) is 15.2. The number of rotatable bonds is 34. The Morgan fingerprint density at radius 1 is 0.670 bits per heavy atom. The summed E-state index contributed by atoms with van der Waals surface area (Å²) < 4.78 is 53.3. The van der Waals surface area contributed by atoms with Crippen LogP contribution in [-0.4, -0.2) is 272 Å². The number of methoxy groups -OCH3 is 1. The Labute approximate surface area is 523 Å². The molecule has 0 radical (unpaired) electrons. The molecule has 25 nitrogen and oxygen atoms in total. The first kappa shape index (κ1) is 69.3. The van der Waals surface area contributed by atoms with Gasteiger partial charge in [-0.2, -0.15) is 5.10 Å². The summed E-state index contributed by atoms with van der Waals surface area (Å²) in [5.41, 5.74) is 4.22. The van der Waals surface area contributed by atoms with E-state index >= 15 is 0 Å². The summed E-state index contributed by atoms with van der Waals surface area (Å²) in [6, 6.07) is 16.3. The van der Waals surface area contributed by atoms with E-state index in [0.717, 1.165) is 18.1 Å². The number of carbonyl (C=O) groups excluding carboxylic acids is 5. The Kier molecular flexibility index (Phi) is 28.7. The van der Waals surface area contributed by atoms with E-state index in [1.54, 1.807) is 45.9 Å². The van der Waals surface area contributed by atoms with Gasteiger partial charge in [0.25, 0.3) is 5.91 Å². The summed E-state index contributed by atoms with van der Waals surface area (Å²) in [6.45, 7) is 14.0. The molecule has 0 aliphatic carbocycles. The second-order valence-electron chi connectivity index (χ2n) is 21.7. The molecule has 88 heavy (non-hydrogen) atoms. The van der Waals surface area contributed by atoms with Crippen molar-refractivity contribution >= 4 is 65.2 Å². The van der Waals surface area contributed by atoms with Crippen molar-refractivity contribution in [3.8, 4) is 39.6 Å². The van der Waals surface area contributed by atoms with Gasteiger partial charge in [-0.15, -0.1) is 0 Å². The van der Waals surface area contributed by atoms with Gasteiger partial charge in [-0.1, -0.05) is 35.3 Å². The number of aldehydes is 2. The van der Waals surface area contributed by atoms with E-state index in [4.69, 9.17) is 70.9 Å². The van der Waals surface area contributed by atoms with Crippen molar-refractivity contribution in [1.82, 2.24) is 39.6 Å². The summed E-state index contributed by atoms with van der Waals surface area (Å²) in [5.74, 6) is -0.539. The zero-order valence-electron chi connectivity index (χ0n) is 50.5. The molecule has 27 heteroatoms. The number of fused-ring (bicyclic) bond motifs is 3. The molecule has 7 rings (SSSR count). The highest BCUT2D eigenvalue weighted by Crippen LogP contribution is 2.47. The second kappa shape index (κ2) is 36.5. The van der Waals surface area contributed by atoms with Crippen molar-refractivity contribution in [2.24, 2.45) is 0 Å². The fraction of sp³-hybridized carbons (Fsp3) is 0.557. The minimum Gasteiger partial charge on any atom is -0.496 e. The molecule has 3 N–H and O–H groups in total. The van der Waals surface area contributed by atoms with Crippen molar-refractivity contribution in [2.75, 3.05) is 197 Å². The lowest BCUT2D eigenvalue weighted by molar-refractivity contribution is -0.138. The number of hydrogen-bond acceptors (Lipinski definition) is 20. The van der Waals surface area contributed by atoms with Crippen LogP contribution in [0.3, 0.4) is 0 Å². The topological polar surface area (TPSA) is 264 Å². The van der Waals surface area contributed by atoms with Crippen LogP contribution in [0.4, 0.5) is 5.69 Å². The number of nitrogens with one attached hydrogen (secondary N) is 2. The third-order valence-electron chi connectivity index (χ3n) is 14.8. The van der Waals surface area contributed by atoms with Crippen molar-refractivity contribution in [3.63, 3.8) is 0 Å². The van der Waals surface area contributed by atoms with Crippen LogP contribution in [-0.2, 0) is 63.7 Å². The molecule has 0 saturated carbocycles. The highest BCUT2D eigenvalue weighted by molar-refractivity contribution is 6.34. The quantitative estimate of drug-likeness (QED) is 0.0442. The summed E-state index contributed by atoms with van der Waals surface area (Å²) in [6.07, 6.45) is 1.79. The molecule has 3 aromatic carbocycles. The summed E-state index contributed by atoms with van der Waals surface area (Å²) >= 11 is 13.0. The van der Waals surface area contributed by atoms with Crippen molar-refractivity contribution in [2.45, 2.75) is 32.4 Å². The predicted octanol–water partition coefficient (Wildman–Crippen LogP) is 3.91. The summed E-state index contributed by atoms with van der Waals surface area (Å²) in [4.78, 5) is 83.9.